The Hall–Kier alpha value is -3.27. The Bertz CT molecular complexity index is 1130. The molecule has 0 aromatic heterocycles. The van der Waals surface area contributed by atoms with Crippen LogP contribution in [-0.4, -0.2) is 50.2 Å². The number of fused-ring (bicyclic) bond motifs is 1. The van der Waals surface area contributed by atoms with Crippen LogP contribution in [0.3, 0.4) is 0 Å². The largest absolute Gasteiger partial charge is 0.454 e. The number of sulfonamides is 1. The Balaban J connectivity index is 1.42. The van der Waals surface area contributed by atoms with Crippen LogP contribution in [0.5, 0.6) is 0 Å². The Morgan fingerprint density at radius 2 is 1.90 bits per heavy atom. The number of amidine groups is 1. The smallest absolute Gasteiger partial charge is 0.329 e. The second-order valence-corrected chi connectivity index (χ2v) is 8.47. The van der Waals surface area contributed by atoms with Crippen molar-refractivity contribution < 1.29 is 27.1 Å². The first-order chi connectivity index (χ1) is 14.3. The van der Waals surface area contributed by atoms with E-state index in [0.717, 1.165) is 0 Å². The predicted octanol–water partition coefficient (Wildman–Crippen LogP) is 1.92. The highest BCUT2D eigenvalue weighted by molar-refractivity contribution is 7.90. The summed E-state index contributed by atoms with van der Waals surface area (Å²) in [5.41, 5.74) is 0.827. The number of likely N-dealkylation sites (tertiary alicyclic amines) is 1. The van der Waals surface area contributed by atoms with Crippen LogP contribution in [0.1, 0.15) is 18.4 Å². The van der Waals surface area contributed by atoms with Crippen LogP contribution in [0.4, 0.5) is 10.1 Å². The molecule has 0 radical (unpaired) electrons. The van der Waals surface area contributed by atoms with Gasteiger partial charge in [-0.15, -0.1) is 4.40 Å². The monoisotopic (exact) mass is 431 g/mol. The fourth-order valence-electron chi connectivity index (χ4n) is 3.52. The molecule has 10 heteroatoms. The molecule has 30 heavy (non-hydrogen) atoms. The molecule has 8 nitrogen and oxygen atoms in total. The van der Waals surface area contributed by atoms with Gasteiger partial charge in [0.2, 0.25) is 0 Å². The molecule has 2 heterocycles. The number of hydrogen-bond donors (Lipinski definition) is 1. The third kappa shape index (κ3) is 3.90. The lowest BCUT2D eigenvalue weighted by Crippen LogP contribution is -2.42. The zero-order valence-corrected chi connectivity index (χ0v) is 16.6. The molecule has 0 saturated carbocycles. The minimum Gasteiger partial charge on any atom is -0.454 e. The number of nitrogens with zero attached hydrogens (tertiary/aromatic N) is 2. The lowest BCUT2D eigenvalue weighted by Gasteiger charge is -2.24. The summed E-state index contributed by atoms with van der Waals surface area (Å²) in [6, 6.07) is 10.9. The summed E-state index contributed by atoms with van der Waals surface area (Å²) in [7, 11) is -3.80. The molecule has 1 atom stereocenters. The van der Waals surface area contributed by atoms with E-state index in [-0.39, 0.29) is 10.7 Å². The van der Waals surface area contributed by atoms with Gasteiger partial charge in [-0.3, -0.25) is 4.79 Å². The van der Waals surface area contributed by atoms with Crippen LogP contribution in [0.15, 0.2) is 57.8 Å². The van der Waals surface area contributed by atoms with Crippen LogP contribution in [-0.2, 0) is 24.3 Å². The quantitative estimate of drug-likeness (QED) is 0.742. The van der Waals surface area contributed by atoms with Crippen LogP contribution >= 0.6 is 0 Å². The van der Waals surface area contributed by atoms with Crippen LogP contribution < -0.4 is 5.32 Å². The number of benzene rings is 2. The van der Waals surface area contributed by atoms with Crippen molar-refractivity contribution in [3.63, 3.8) is 0 Å². The van der Waals surface area contributed by atoms with Crippen molar-refractivity contribution in [3.05, 3.63) is 59.9 Å². The van der Waals surface area contributed by atoms with E-state index in [0.29, 0.717) is 30.6 Å². The van der Waals surface area contributed by atoms with Crippen molar-refractivity contribution in [2.45, 2.75) is 23.8 Å². The van der Waals surface area contributed by atoms with E-state index in [9.17, 15) is 22.4 Å². The molecule has 2 aliphatic rings. The summed E-state index contributed by atoms with van der Waals surface area (Å²) in [6.45, 7) is -0.0634. The third-order valence-electron chi connectivity index (χ3n) is 4.88. The van der Waals surface area contributed by atoms with E-state index in [1.807, 2.05) is 0 Å². The molecule has 1 N–H and O–H groups in total. The van der Waals surface area contributed by atoms with E-state index in [1.54, 1.807) is 23.1 Å². The van der Waals surface area contributed by atoms with Gasteiger partial charge in [0.1, 0.15) is 16.8 Å². The third-order valence-corrected chi connectivity index (χ3v) is 6.21. The maximum atomic E-state index is 12.9. The first kappa shape index (κ1) is 20.0. The summed E-state index contributed by atoms with van der Waals surface area (Å²) in [5.74, 6) is -1.41. The van der Waals surface area contributed by atoms with Gasteiger partial charge in [0, 0.05) is 17.8 Å². The number of halogens is 1. The number of carbonyl (C=O) groups is 2. The van der Waals surface area contributed by atoms with Gasteiger partial charge < -0.3 is 15.0 Å². The number of esters is 1. The molecule has 0 aliphatic carbocycles. The average Bonchev–Trinajstić information content (AvgIpc) is 3.31. The molecule has 0 spiro atoms. The minimum atomic E-state index is -3.80. The van der Waals surface area contributed by atoms with Crippen molar-refractivity contribution in [2.24, 2.45) is 4.40 Å². The Morgan fingerprint density at radius 1 is 1.17 bits per heavy atom. The Morgan fingerprint density at radius 3 is 2.67 bits per heavy atom. The summed E-state index contributed by atoms with van der Waals surface area (Å²) in [5, 5.41) is 2.51. The molecule has 156 valence electrons. The number of rotatable bonds is 4. The van der Waals surface area contributed by atoms with Crippen molar-refractivity contribution in [3.8, 4) is 0 Å². The fraction of sp³-hybridized carbons (Fsp3) is 0.250. The van der Waals surface area contributed by atoms with E-state index in [4.69, 9.17) is 4.74 Å². The number of hydrogen-bond acceptors (Lipinski definition) is 6. The maximum absolute atomic E-state index is 12.9. The number of nitrogens with one attached hydrogen (secondary N) is 1. The number of anilines is 1. The molecule has 2 aromatic rings. The van der Waals surface area contributed by atoms with Gasteiger partial charge in [-0.2, -0.15) is 8.42 Å². The second-order valence-electron chi connectivity index (χ2n) is 6.90. The van der Waals surface area contributed by atoms with Gasteiger partial charge in [-0.25, -0.2) is 9.18 Å². The molecule has 1 saturated heterocycles. The number of amides is 1. The highest BCUT2D eigenvalue weighted by Gasteiger charge is 2.40. The Labute approximate surface area is 172 Å². The van der Waals surface area contributed by atoms with Crippen molar-refractivity contribution in [1.29, 1.82) is 0 Å². The van der Waals surface area contributed by atoms with Crippen LogP contribution in [0, 0.1) is 5.82 Å². The van der Waals surface area contributed by atoms with Crippen molar-refractivity contribution in [1.82, 2.24) is 4.90 Å². The molecule has 1 amide bonds. The van der Waals surface area contributed by atoms with Crippen molar-refractivity contribution in [2.75, 3.05) is 18.5 Å². The standard InChI is InChI=1S/C20H18FN3O5S/c21-13-7-9-14(10-8-13)22-18(25)12-29-20(26)16-5-3-11-24(16)19-15-4-1-2-6-17(15)30(27,28)23-19/h1-2,4,6-10,16H,3,5,11-12H2,(H,22,25). The topological polar surface area (TPSA) is 105 Å². The average molecular weight is 431 g/mol. The van der Waals surface area contributed by atoms with E-state index in [2.05, 4.69) is 9.71 Å². The highest BCUT2D eigenvalue weighted by Crippen LogP contribution is 2.31. The van der Waals surface area contributed by atoms with Gasteiger partial charge in [0.05, 0.1) is 0 Å². The van der Waals surface area contributed by atoms with Gasteiger partial charge in [0.15, 0.2) is 12.4 Å². The predicted molar refractivity (Wildman–Crippen MR) is 106 cm³/mol. The first-order valence-corrected chi connectivity index (χ1v) is 10.7. The summed E-state index contributed by atoms with van der Waals surface area (Å²) in [4.78, 5) is 26.3. The van der Waals surface area contributed by atoms with Gasteiger partial charge in [0.25, 0.3) is 15.9 Å². The van der Waals surface area contributed by atoms with Gasteiger partial charge in [-0.1, -0.05) is 12.1 Å². The van der Waals surface area contributed by atoms with E-state index in [1.165, 1.54) is 30.3 Å². The number of carbonyl (C=O) groups excluding carboxylic acids is 2. The van der Waals surface area contributed by atoms with Gasteiger partial charge >= 0.3 is 5.97 Å². The zero-order valence-electron chi connectivity index (χ0n) is 15.7. The Kier molecular flexibility index (Phi) is 5.25. The minimum absolute atomic E-state index is 0.109. The lowest BCUT2D eigenvalue weighted by molar-refractivity contribution is -0.150. The summed E-state index contributed by atoms with van der Waals surface area (Å²) < 4.78 is 46.5. The molecule has 1 unspecified atom stereocenters. The summed E-state index contributed by atoms with van der Waals surface area (Å²) >= 11 is 0. The molecule has 0 bridgehead atoms. The zero-order chi connectivity index (χ0) is 21.3. The fourth-order valence-corrected chi connectivity index (χ4v) is 4.74. The van der Waals surface area contributed by atoms with E-state index < -0.39 is 40.4 Å². The molecular weight excluding hydrogens is 413 g/mol. The lowest BCUT2D eigenvalue weighted by atomic mass is 10.1. The van der Waals surface area contributed by atoms with Gasteiger partial charge in [-0.05, 0) is 49.2 Å². The molecular formula is C20H18FN3O5S. The highest BCUT2D eigenvalue weighted by atomic mass is 32.2. The molecule has 4 rings (SSSR count). The molecule has 2 aliphatic heterocycles. The maximum Gasteiger partial charge on any atom is 0.329 e. The molecule has 1 fully saturated rings. The second kappa shape index (κ2) is 7.86. The number of ether oxygens (including phenoxy) is 1. The van der Waals surface area contributed by atoms with Crippen molar-refractivity contribution >= 4 is 33.4 Å². The van der Waals surface area contributed by atoms with E-state index >= 15 is 0 Å². The molecule has 2 aromatic carbocycles. The van der Waals surface area contributed by atoms with Crippen LogP contribution in [0.2, 0.25) is 0 Å². The SMILES string of the molecule is O=C(COC(=O)C1CCCN1C1=NS(=O)(=O)c2ccccc21)Nc1ccc(F)cc1. The van der Waals surface area contributed by atoms with Crippen LogP contribution in [0.25, 0.3) is 0 Å². The first-order valence-electron chi connectivity index (χ1n) is 9.28. The normalized spacial score (nSPS) is 19.2. The summed E-state index contributed by atoms with van der Waals surface area (Å²) in [6.07, 6.45) is 1.11.